The summed E-state index contributed by atoms with van der Waals surface area (Å²) in [5.74, 6) is 0.874. The number of fused-ring (bicyclic) bond motifs is 1. The Kier molecular flexibility index (Phi) is 3.24. The molecule has 3 rings (SSSR count). The third-order valence-electron chi connectivity index (χ3n) is 4.57. The number of rotatable bonds is 2. The van der Waals surface area contributed by atoms with Crippen LogP contribution in [0.4, 0.5) is 5.69 Å². The molecule has 0 saturated heterocycles. The SMILES string of the molecule is CC1CCC(CN2C(=O)c3ccc(N)cc3C2=O)CC1. The van der Waals surface area contributed by atoms with Crippen molar-refractivity contribution in [2.24, 2.45) is 11.8 Å². The first-order chi connectivity index (χ1) is 9.56. The predicted octanol–water partition coefficient (Wildman–Crippen LogP) is 2.69. The Bertz CT molecular complexity index is 560. The van der Waals surface area contributed by atoms with E-state index < -0.39 is 0 Å². The fraction of sp³-hybridized carbons (Fsp3) is 0.500. The van der Waals surface area contributed by atoms with Crippen molar-refractivity contribution in [1.29, 1.82) is 0 Å². The fourth-order valence-electron chi connectivity index (χ4n) is 3.24. The average molecular weight is 272 g/mol. The molecule has 0 aromatic heterocycles. The normalized spacial score (nSPS) is 25.9. The number of hydrogen-bond acceptors (Lipinski definition) is 3. The van der Waals surface area contributed by atoms with Gasteiger partial charge in [0.15, 0.2) is 0 Å². The second kappa shape index (κ2) is 4.93. The van der Waals surface area contributed by atoms with Crippen molar-refractivity contribution in [3.8, 4) is 0 Å². The Hall–Kier alpha value is -1.84. The summed E-state index contributed by atoms with van der Waals surface area (Å²) in [5, 5.41) is 0. The molecule has 4 heteroatoms. The summed E-state index contributed by atoms with van der Waals surface area (Å²) in [6, 6.07) is 4.95. The zero-order chi connectivity index (χ0) is 14.3. The van der Waals surface area contributed by atoms with Crippen LogP contribution in [0.15, 0.2) is 18.2 Å². The topological polar surface area (TPSA) is 63.4 Å². The second-order valence-corrected chi connectivity index (χ2v) is 6.15. The number of hydrogen-bond donors (Lipinski definition) is 1. The molecule has 0 spiro atoms. The van der Waals surface area contributed by atoms with Gasteiger partial charge in [0.1, 0.15) is 0 Å². The number of amides is 2. The van der Waals surface area contributed by atoms with Crippen molar-refractivity contribution in [2.45, 2.75) is 32.6 Å². The molecule has 2 N–H and O–H groups in total. The van der Waals surface area contributed by atoms with Crippen molar-refractivity contribution in [3.05, 3.63) is 29.3 Å². The Morgan fingerprint density at radius 1 is 1.10 bits per heavy atom. The molecule has 2 aliphatic rings. The van der Waals surface area contributed by atoms with E-state index in [4.69, 9.17) is 5.73 Å². The number of nitrogens with two attached hydrogens (primary N) is 1. The van der Waals surface area contributed by atoms with Crippen LogP contribution in [-0.2, 0) is 0 Å². The molecule has 0 bridgehead atoms. The molecule has 1 heterocycles. The van der Waals surface area contributed by atoms with Crippen molar-refractivity contribution in [3.63, 3.8) is 0 Å². The van der Waals surface area contributed by atoms with Gasteiger partial charge in [0.2, 0.25) is 0 Å². The van der Waals surface area contributed by atoms with Crippen LogP contribution in [0.3, 0.4) is 0 Å². The molecule has 0 unspecified atom stereocenters. The molecule has 20 heavy (non-hydrogen) atoms. The van der Waals surface area contributed by atoms with Gasteiger partial charge in [-0.25, -0.2) is 0 Å². The maximum absolute atomic E-state index is 12.3. The van der Waals surface area contributed by atoms with E-state index in [2.05, 4.69) is 6.92 Å². The van der Waals surface area contributed by atoms with E-state index in [9.17, 15) is 9.59 Å². The van der Waals surface area contributed by atoms with Crippen LogP contribution in [0.5, 0.6) is 0 Å². The highest BCUT2D eigenvalue weighted by molar-refractivity contribution is 6.21. The molecule has 2 amide bonds. The van der Waals surface area contributed by atoms with Crippen molar-refractivity contribution in [2.75, 3.05) is 12.3 Å². The Morgan fingerprint density at radius 3 is 2.45 bits per heavy atom. The number of nitrogens with zero attached hydrogens (tertiary/aromatic N) is 1. The molecule has 1 aromatic rings. The van der Waals surface area contributed by atoms with Gasteiger partial charge in [-0.1, -0.05) is 19.8 Å². The number of carbonyl (C=O) groups is 2. The minimum absolute atomic E-state index is 0.163. The van der Waals surface area contributed by atoms with E-state index in [-0.39, 0.29) is 11.8 Å². The Morgan fingerprint density at radius 2 is 1.75 bits per heavy atom. The smallest absolute Gasteiger partial charge is 0.261 e. The molecular formula is C16H20N2O2. The van der Waals surface area contributed by atoms with Crippen LogP contribution >= 0.6 is 0 Å². The first kappa shape index (κ1) is 13.2. The van der Waals surface area contributed by atoms with E-state index in [0.717, 1.165) is 18.8 Å². The molecule has 0 atom stereocenters. The van der Waals surface area contributed by atoms with Crippen LogP contribution in [0.25, 0.3) is 0 Å². The van der Waals surface area contributed by atoms with Crippen LogP contribution < -0.4 is 5.73 Å². The van der Waals surface area contributed by atoms with Gasteiger partial charge in [-0.15, -0.1) is 0 Å². The molecule has 1 fully saturated rings. The van der Waals surface area contributed by atoms with Gasteiger partial charge < -0.3 is 5.73 Å². The number of imide groups is 1. The summed E-state index contributed by atoms with van der Waals surface area (Å²) < 4.78 is 0. The lowest BCUT2D eigenvalue weighted by atomic mass is 9.83. The van der Waals surface area contributed by atoms with Crippen molar-refractivity contribution >= 4 is 17.5 Å². The summed E-state index contributed by atoms with van der Waals surface area (Å²) in [7, 11) is 0. The molecular weight excluding hydrogens is 252 g/mol. The maximum atomic E-state index is 12.3. The van der Waals surface area contributed by atoms with Gasteiger partial charge in [0, 0.05) is 12.2 Å². The molecule has 4 nitrogen and oxygen atoms in total. The van der Waals surface area contributed by atoms with E-state index in [1.807, 2.05) is 0 Å². The highest BCUT2D eigenvalue weighted by Crippen LogP contribution is 2.31. The lowest BCUT2D eigenvalue weighted by Crippen LogP contribution is -2.35. The van der Waals surface area contributed by atoms with Gasteiger partial charge in [0.25, 0.3) is 11.8 Å². The first-order valence-corrected chi connectivity index (χ1v) is 7.32. The van der Waals surface area contributed by atoms with Gasteiger partial charge in [-0.05, 0) is 42.9 Å². The highest BCUT2D eigenvalue weighted by Gasteiger charge is 2.37. The van der Waals surface area contributed by atoms with Gasteiger partial charge in [-0.3, -0.25) is 14.5 Å². The maximum Gasteiger partial charge on any atom is 0.261 e. The van der Waals surface area contributed by atoms with Crippen molar-refractivity contribution < 1.29 is 9.59 Å². The summed E-state index contributed by atoms with van der Waals surface area (Å²) in [5.41, 5.74) is 7.18. The lowest BCUT2D eigenvalue weighted by molar-refractivity contribution is 0.0611. The van der Waals surface area contributed by atoms with Crippen LogP contribution in [0.2, 0.25) is 0 Å². The summed E-state index contributed by atoms with van der Waals surface area (Å²) >= 11 is 0. The van der Waals surface area contributed by atoms with E-state index in [1.54, 1.807) is 18.2 Å². The Labute approximate surface area is 118 Å². The first-order valence-electron chi connectivity index (χ1n) is 7.32. The fourth-order valence-corrected chi connectivity index (χ4v) is 3.24. The summed E-state index contributed by atoms with van der Waals surface area (Å²) in [6.45, 7) is 2.82. The molecule has 1 saturated carbocycles. The summed E-state index contributed by atoms with van der Waals surface area (Å²) in [6.07, 6.45) is 4.61. The number of anilines is 1. The minimum atomic E-state index is -0.184. The van der Waals surface area contributed by atoms with E-state index in [1.165, 1.54) is 17.7 Å². The third-order valence-corrected chi connectivity index (χ3v) is 4.57. The predicted molar refractivity (Wildman–Crippen MR) is 77.3 cm³/mol. The van der Waals surface area contributed by atoms with Crippen LogP contribution in [-0.4, -0.2) is 23.3 Å². The molecule has 1 aliphatic heterocycles. The molecule has 1 aromatic carbocycles. The monoisotopic (exact) mass is 272 g/mol. The van der Waals surface area contributed by atoms with E-state index in [0.29, 0.717) is 29.3 Å². The molecule has 1 aliphatic carbocycles. The van der Waals surface area contributed by atoms with Crippen LogP contribution in [0.1, 0.15) is 53.3 Å². The standard InChI is InChI=1S/C16H20N2O2/c1-10-2-4-11(5-3-10)9-18-15(19)13-7-6-12(17)8-14(13)16(18)20/h6-8,10-11H,2-5,9,17H2,1H3. The molecule has 106 valence electrons. The highest BCUT2D eigenvalue weighted by atomic mass is 16.2. The number of nitrogen functional groups attached to an aromatic ring is 1. The second-order valence-electron chi connectivity index (χ2n) is 6.15. The largest absolute Gasteiger partial charge is 0.399 e. The van der Waals surface area contributed by atoms with E-state index >= 15 is 0 Å². The number of carbonyl (C=O) groups excluding carboxylic acids is 2. The van der Waals surface area contributed by atoms with Crippen LogP contribution in [0, 0.1) is 11.8 Å². The number of benzene rings is 1. The Balaban J connectivity index is 1.76. The van der Waals surface area contributed by atoms with Gasteiger partial charge in [-0.2, -0.15) is 0 Å². The minimum Gasteiger partial charge on any atom is -0.399 e. The zero-order valence-corrected chi connectivity index (χ0v) is 11.8. The summed E-state index contributed by atoms with van der Waals surface area (Å²) in [4.78, 5) is 26.1. The zero-order valence-electron chi connectivity index (χ0n) is 11.8. The third kappa shape index (κ3) is 2.19. The lowest BCUT2D eigenvalue weighted by Gasteiger charge is -2.28. The quantitative estimate of drug-likeness (QED) is 0.665. The average Bonchev–Trinajstić information content (AvgIpc) is 2.66. The molecule has 0 radical (unpaired) electrons. The van der Waals surface area contributed by atoms with Gasteiger partial charge in [0.05, 0.1) is 11.1 Å². The van der Waals surface area contributed by atoms with Gasteiger partial charge >= 0.3 is 0 Å². The van der Waals surface area contributed by atoms with Crippen molar-refractivity contribution in [1.82, 2.24) is 4.90 Å².